The Hall–Kier alpha value is -0.990. The first-order valence-electron chi connectivity index (χ1n) is 6.54. The zero-order chi connectivity index (χ0) is 12.9. The summed E-state index contributed by atoms with van der Waals surface area (Å²) in [7, 11) is 0. The molecule has 0 aliphatic rings. The van der Waals surface area contributed by atoms with E-state index < -0.39 is 5.82 Å². The van der Waals surface area contributed by atoms with Crippen LogP contribution in [0.4, 0.5) is 0 Å². The van der Waals surface area contributed by atoms with Gasteiger partial charge in [-0.2, -0.15) is 0 Å². The van der Waals surface area contributed by atoms with Crippen molar-refractivity contribution in [3.05, 3.63) is 22.1 Å². The Morgan fingerprint density at radius 3 is 2.35 bits per heavy atom. The minimum atomic E-state index is -0.584. The maximum absolute atomic E-state index is 11.0. The predicted molar refractivity (Wildman–Crippen MR) is 68.2 cm³/mol. The Bertz CT molecular complexity index is 384. The lowest BCUT2D eigenvalue weighted by Gasteiger charge is -2.23. The summed E-state index contributed by atoms with van der Waals surface area (Å²) in [6.07, 6.45) is 7.01. The van der Waals surface area contributed by atoms with Gasteiger partial charge in [-0.3, -0.25) is 0 Å². The number of unbranched alkanes of at least 4 members (excludes halogenated alkanes) is 3. The van der Waals surface area contributed by atoms with Gasteiger partial charge in [-0.25, -0.2) is 4.79 Å². The van der Waals surface area contributed by atoms with Crippen molar-refractivity contribution in [2.45, 2.75) is 66.2 Å². The van der Waals surface area contributed by atoms with Gasteiger partial charge >= 0.3 is 5.82 Å². The Kier molecular flexibility index (Phi) is 5.03. The van der Waals surface area contributed by atoms with E-state index in [-0.39, 0.29) is 5.41 Å². The van der Waals surface area contributed by atoms with Crippen molar-refractivity contribution in [1.29, 1.82) is 0 Å². The lowest BCUT2D eigenvalue weighted by atomic mass is 9.82. The second-order valence-corrected chi connectivity index (χ2v) is 5.59. The second kappa shape index (κ2) is 6.08. The van der Waals surface area contributed by atoms with E-state index in [4.69, 9.17) is 8.83 Å². The van der Waals surface area contributed by atoms with Gasteiger partial charge in [0.2, 0.25) is 0 Å². The van der Waals surface area contributed by atoms with Crippen LogP contribution in [-0.4, -0.2) is 0 Å². The molecule has 0 spiro atoms. The van der Waals surface area contributed by atoms with Crippen LogP contribution in [0.25, 0.3) is 0 Å². The first kappa shape index (κ1) is 14.1. The summed E-state index contributed by atoms with van der Waals surface area (Å²) in [5.41, 5.74) is 0.165. The standard InChI is InChI=1S/C14H24O3/c1-5-6-7-8-9-14(3,4)10-12-11(2)16-13(15)17-12/h5-10H2,1-4H3. The molecule has 0 bridgehead atoms. The summed E-state index contributed by atoms with van der Waals surface area (Å²) in [6.45, 7) is 8.43. The number of hydrogen-bond donors (Lipinski definition) is 0. The van der Waals surface area contributed by atoms with Gasteiger partial charge in [-0.05, 0) is 18.8 Å². The number of aryl methyl sites for hydroxylation is 1. The third kappa shape index (κ3) is 4.80. The van der Waals surface area contributed by atoms with E-state index in [1.807, 2.05) is 0 Å². The summed E-state index contributed by atoms with van der Waals surface area (Å²) in [4.78, 5) is 11.0. The van der Waals surface area contributed by atoms with Gasteiger partial charge in [0.1, 0.15) is 11.5 Å². The first-order valence-corrected chi connectivity index (χ1v) is 6.54. The van der Waals surface area contributed by atoms with Crippen molar-refractivity contribution >= 4 is 0 Å². The van der Waals surface area contributed by atoms with Gasteiger partial charge in [0.05, 0.1) is 0 Å². The van der Waals surface area contributed by atoms with Crippen LogP contribution in [0.2, 0.25) is 0 Å². The highest BCUT2D eigenvalue weighted by Gasteiger charge is 2.22. The fourth-order valence-corrected chi connectivity index (χ4v) is 2.09. The van der Waals surface area contributed by atoms with Gasteiger partial charge < -0.3 is 8.83 Å². The number of hydrogen-bond acceptors (Lipinski definition) is 3. The Morgan fingerprint density at radius 2 is 1.82 bits per heavy atom. The molecule has 0 saturated carbocycles. The van der Waals surface area contributed by atoms with Crippen molar-refractivity contribution in [3.8, 4) is 0 Å². The molecule has 3 nitrogen and oxygen atoms in total. The fraction of sp³-hybridized carbons (Fsp3) is 0.786. The van der Waals surface area contributed by atoms with Gasteiger partial charge in [0.15, 0.2) is 0 Å². The molecule has 0 amide bonds. The van der Waals surface area contributed by atoms with Crippen LogP contribution < -0.4 is 5.82 Å². The molecule has 0 N–H and O–H groups in total. The van der Waals surface area contributed by atoms with Crippen molar-refractivity contribution in [2.75, 3.05) is 0 Å². The van der Waals surface area contributed by atoms with Crippen LogP contribution in [0.1, 0.15) is 64.4 Å². The molecule has 98 valence electrons. The quantitative estimate of drug-likeness (QED) is 0.674. The zero-order valence-corrected chi connectivity index (χ0v) is 11.5. The molecule has 0 atom stereocenters. The van der Waals surface area contributed by atoms with E-state index in [9.17, 15) is 4.79 Å². The molecule has 0 aliphatic heterocycles. The monoisotopic (exact) mass is 240 g/mol. The van der Waals surface area contributed by atoms with Crippen LogP contribution in [0.5, 0.6) is 0 Å². The third-order valence-corrected chi connectivity index (χ3v) is 3.18. The maximum Gasteiger partial charge on any atom is 0.519 e. The average Bonchev–Trinajstić information content (AvgIpc) is 2.52. The van der Waals surface area contributed by atoms with Gasteiger partial charge in [-0.15, -0.1) is 0 Å². The van der Waals surface area contributed by atoms with Crippen LogP contribution in [0.3, 0.4) is 0 Å². The highest BCUT2D eigenvalue weighted by molar-refractivity contribution is 5.03. The van der Waals surface area contributed by atoms with E-state index in [1.54, 1.807) is 6.92 Å². The van der Waals surface area contributed by atoms with E-state index in [0.717, 1.165) is 12.8 Å². The minimum Gasteiger partial charge on any atom is -0.396 e. The predicted octanol–water partition coefficient (Wildman–Crippen LogP) is 4.08. The molecule has 0 unspecified atom stereocenters. The molecule has 0 saturated heterocycles. The molecular weight excluding hydrogens is 216 g/mol. The van der Waals surface area contributed by atoms with Crippen LogP contribution >= 0.6 is 0 Å². The average molecular weight is 240 g/mol. The summed E-state index contributed by atoms with van der Waals surface area (Å²) in [6, 6.07) is 0. The summed E-state index contributed by atoms with van der Waals surface area (Å²) >= 11 is 0. The molecule has 0 aliphatic carbocycles. The molecule has 17 heavy (non-hydrogen) atoms. The van der Waals surface area contributed by atoms with Crippen LogP contribution in [0, 0.1) is 12.3 Å². The second-order valence-electron chi connectivity index (χ2n) is 5.59. The maximum atomic E-state index is 11.0. The normalized spacial score (nSPS) is 12.0. The van der Waals surface area contributed by atoms with Crippen LogP contribution in [-0.2, 0) is 6.42 Å². The van der Waals surface area contributed by atoms with Crippen molar-refractivity contribution in [2.24, 2.45) is 5.41 Å². The molecule has 3 heteroatoms. The lowest BCUT2D eigenvalue weighted by molar-refractivity contribution is 0.285. The molecule has 0 aromatic carbocycles. The van der Waals surface area contributed by atoms with Gasteiger partial charge in [0.25, 0.3) is 0 Å². The van der Waals surface area contributed by atoms with Gasteiger partial charge in [0, 0.05) is 6.42 Å². The Balaban J connectivity index is 2.48. The smallest absolute Gasteiger partial charge is 0.396 e. The molecular formula is C14H24O3. The highest BCUT2D eigenvalue weighted by atomic mass is 16.6. The van der Waals surface area contributed by atoms with Crippen molar-refractivity contribution in [1.82, 2.24) is 0 Å². The fourth-order valence-electron chi connectivity index (χ4n) is 2.09. The minimum absolute atomic E-state index is 0.165. The third-order valence-electron chi connectivity index (χ3n) is 3.18. The summed E-state index contributed by atoms with van der Waals surface area (Å²) < 4.78 is 9.94. The lowest BCUT2D eigenvalue weighted by Crippen LogP contribution is -2.15. The zero-order valence-electron chi connectivity index (χ0n) is 11.5. The van der Waals surface area contributed by atoms with Crippen molar-refractivity contribution in [3.63, 3.8) is 0 Å². The molecule has 0 radical (unpaired) electrons. The molecule has 1 rings (SSSR count). The van der Waals surface area contributed by atoms with Crippen LogP contribution in [0.15, 0.2) is 13.6 Å². The summed E-state index contributed by atoms with van der Waals surface area (Å²) in [5.74, 6) is 0.742. The Labute approximate surface area is 103 Å². The largest absolute Gasteiger partial charge is 0.519 e. The molecule has 1 aromatic rings. The van der Waals surface area contributed by atoms with Crippen molar-refractivity contribution < 1.29 is 8.83 Å². The molecule has 1 aromatic heterocycles. The summed E-state index contributed by atoms with van der Waals surface area (Å²) in [5, 5.41) is 0. The van der Waals surface area contributed by atoms with E-state index in [0.29, 0.717) is 11.5 Å². The van der Waals surface area contributed by atoms with E-state index in [1.165, 1.54) is 25.7 Å². The topological polar surface area (TPSA) is 43.4 Å². The Morgan fingerprint density at radius 1 is 1.12 bits per heavy atom. The first-order chi connectivity index (χ1) is 7.94. The number of rotatable bonds is 7. The highest BCUT2D eigenvalue weighted by Crippen LogP contribution is 2.29. The SMILES string of the molecule is CCCCCCC(C)(C)Cc1oc(=O)oc1C. The van der Waals surface area contributed by atoms with E-state index >= 15 is 0 Å². The molecule has 0 fully saturated rings. The van der Waals surface area contributed by atoms with Gasteiger partial charge in [-0.1, -0.05) is 46.5 Å². The van der Waals surface area contributed by atoms with E-state index in [2.05, 4.69) is 20.8 Å². The molecule has 1 heterocycles.